The molecule has 1 aliphatic rings. The zero-order chi connectivity index (χ0) is 17.4. The first-order valence-corrected chi connectivity index (χ1v) is 8.29. The van der Waals surface area contributed by atoms with E-state index in [0.717, 1.165) is 29.7 Å². The number of hydrogen-bond donors (Lipinski definition) is 1. The largest absolute Gasteiger partial charge is 0.380 e. The van der Waals surface area contributed by atoms with Gasteiger partial charge in [-0.05, 0) is 37.6 Å². The number of halogens is 2. The Hall–Kier alpha value is -2.76. The van der Waals surface area contributed by atoms with Gasteiger partial charge in [-0.3, -0.25) is 0 Å². The smallest absolute Gasteiger partial charge is 0.165 e. The average Bonchev–Trinajstić information content (AvgIpc) is 3.04. The monoisotopic (exact) mass is 340 g/mol. The van der Waals surface area contributed by atoms with Crippen molar-refractivity contribution in [2.45, 2.75) is 19.4 Å². The van der Waals surface area contributed by atoms with Gasteiger partial charge >= 0.3 is 0 Å². The van der Waals surface area contributed by atoms with Gasteiger partial charge in [0.05, 0.1) is 0 Å². The van der Waals surface area contributed by atoms with Crippen LogP contribution < -0.4 is 10.2 Å². The molecular weight excluding hydrogens is 322 g/mol. The molecule has 25 heavy (non-hydrogen) atoms. The second-order valence-electron chi connectivity index (χ2n) is 6.33. The molecule has 1 N–H and O–H groups in total. The predicted octanol–water partition coefficient (Wildman–Crippen LogP) is 3.91. The van der Waals surface area contributed by atoms with Crippen LogP contribution in [0.25, 0.3) is 10.9 Å². The minimum absolute atomic E-state index is 0.134. The van der Waals surface area contributed by atoms with Gasteiger partial charge in [0.25, 0.3) is 0 Å². The third kappa shape index (κ3) is 2.99. The number of nitrogens with one attached hydrogen (secondary N) is 1. The summed E-state index contributed by atoms with van der Waals surface area (Å²) in [7, 11) is 0. The molecule has 3 heterocycles. The molecule has 6 heteroatoms. The van der Waals surface area contributed by atoms with Gasteiger partial charge in [0, 0.05) is 42.1 Å². The summed E-state index contributed by atoms with van der Waals surface area (Å²) in [6, 6.07) is 10.0. The van der Waals surface area contributed by atoms with E-state index in [2.05, 4.69) is 15.3 Å². The number of benzene rings is 1. The lowest BCUT2D eigenvalue weighted by molar-refractivity contribution is 0.615. The lowest BCUT2D eigenvalue weighted by Gasteiger charge is -2.19. The van der Waals surface area contributed by atoms with Crippen LogP contribution in [0.1, 0.15) is 12.1 Å². The zero-order valence-corrected chi connectivity index (χ0v) is 13.8. The molecule has 1 unspecified atom stereocenters. The van der Waals surface area contributed by atoms with E-state index >= 15 is 0 Å². The molecule has 2 aromatic heterocycles. The van der Waals surface area contributed by atoms with Gasteiger partial charge in [-0.1, -0.05) is 12.1 Å². The predicted molar refractivity (Wildman–Crippen MR) is 94.9 cm³/mol. The fourth-order valence-electron chi connectivity index (χ4n) is 3.36. The van der Waals surface area contributed by atoms with Crippen LogP contribution in [-0.4, -0.2) is 29.1 Å². The first-order chi connectivity index (χ1) is 12.1. The van der Waals surface area contributed by atoms with Crippen LogP contribution >= 0.6 is 0 Å². The molecule has 0 amide bonds. The van der Waals surface area contributed by atoms with Crippen LogP contribution in [0.4, 0.5) is 20.3 Å². The maximum Gasteiger partial charge on any atom is 0.165 e. The Kier molecular flexibility index (Phi) is 3.95. The van der Waals surface area contributed by atoms with Gasteiger partial charge in [0.15, 0.2) is 11.6 Å². The Morgan fingerprint density at radius 3 is 2.84 bits per heavy atom. The van der Waals surface area contributed by atoms with E-state index < -0.39 is 0 Å². The van der Waals surface area contributed by atoms with Gasteiger partial charge in [0.2, 0.25) is 0 Å². The summed E-state index contributed by atoms with van der Waals surface area (Å²) in [4.78, 5) is 10.4. The van der Waals surface area contributed by atoms with Crippen molar-refractivity contribution in [2.24, 2.45) is 0 Å². The molecule has 128 valence electrons. The maximum atomic E-state index is 14.0. The maximum absolute atomic E-state index is 14.0. The summed E-state index contributed by atoms with van der Waals surface area (Å²) in [6.45, 7) is 3.22. The van der Waals surface area contributed by atoms with E-state index in [-0.39, 0.29) is 17.7 Å². The van der Waals surface area contributed by atoms with E-state index in [4.69, 9.17) is 0 Å². The van der Waals surface area contributed by atoms with Gasteiger partial charge in [-0.25, -0.2) is 18.7 Å². The number of pyridine rings is 2. The lowest BCUT2D eigenvalue weighted by atomic mass is 10.1. The summed E-state index contributed by atoms with van der Waals surface area (Å²) in [6.07, 6.45) is 2.45. The van der Waals surface area contributed by atoms with E-state index in [9.17, 15) is 8.78 Å². The number of hydrogen-bond acceptors (Lipinski definition) is 4. The number of nitrogens with zero attached hydrogens (tertiary/aromatic N) is 3. The van der Waals surface area contributed by atoms with Crippen LogP contribution in [0, 0.1) is 18.6 Å². The Bertz CT molecular complexity index is 928. The molecular formula is C19H18F2N4. The molecule has 1 atom stereocenters. The first kappa shape index (κ1) is 15.7. The van der Waals surface area contributed by atoms with E-state index in [1.165, 1.54) is 12.1 Å². The number of fused-ring (bicyclic) bond motifs is 1. The highest BCUT2D eigenvalue weighted by atomic mass is 19.1. The van der Waals surface area contributed by atoms with E-state index in [0.29, 0.717) is 17.9 Å². The normalized spacial score (nSPS) is 17.2. The molecule has 1 fully saturated rings. The number of rotatable bonds is 3. The summed E-state index contributed by atoms with van der Waals surface area (Å²) in [5.41, 5.74) is 1.98. The van der Waals surface area contributed by atoms with Crippen molar-refractivity contribution < 1.29 is 8.78 Å². The average molecular weight is 340 g/mol. The molecule has 0 spiro atoms. The summed E-state index contributed by atoms with van der Waals surface area (Å²) in [5.74, 6) is -0.253. The standard InChI is InChI=1S/C19H18F2N4/c1-12-10-17(14-4-2-5-15(20)18(14)23-12)24-13-7-9-25(11-13)19-16(21)6-3-8-22-19/h2-6,8,10,13H,7,9,11H2,1H3,(H,23,24). The van der Waals surface area contributed by atoms with Crippen molar-refractivity contribution in [3.05, 3.63) is 59.9 Å². The topological polar surface area (TPSA) is 41.0 Å². The van der Waals surface area contributed by atoms with Crippen molar-refractivity contribution in [3.8, 4) is 0 Å². The molecule has 0 bridgehead atoms. The Labute approximate surface area is 144 Å². The van der Waals surface area contributed by atoms with Crippen LogP contribution in [0.5, 0.6) is 0 Å². The van der Waals surface area contributed by atoms with Crippen molar-refractivity contribution in [1.29, 1.82) is 0 Å². The molecule has 1 saturated heterocycles. The third-order valence-electron chi connectivity index (χ3n) is 4.50. The Balaban J connectivity index is 1.59. The minimum atomic E-state index is -0.326. The Morgan fingerprint density at radius 1 is 1.16 bits per heavy atom. The highest BCUT2D eigenvalue weighted by molar-refractivity contribution is 5.92. The fraction of sp³-hybridized carbons (Fsp3) is 0.263. The van der Waals surface area contributed by atoms with E-state index in [1.54, 1.807) is 18.3 Å². The van der Waals surface area contributed by atoms with E-state index in [1.807, 2.05) is 24.0 Å². The van der Waals surface area contributed by atoms with Crippen molar-refractivity contribution in [2.75, 3.05) is 23.3 Å². The molecule has 4 rings (SSSR count). The van der Waals surface area contributed by atoms with Gasteiger partial charge in [-0.2, -0.15) is 0 Å². The van der Waals surface area contributed by atoms with Crippen LogP contribution in [0.2, 0.25) is 0 Å². The summed E-state index contributed by atoms with van der Waals surface area (Å²) in [5, 5.41) is 4.23. The molecule has 0 aliphatic carbocycles. The van der Waals surface area contributed by atoms with Gasteiger partial charge < -0.3 is 10.2 Å². The molecule has 1 aromatic carbocycles. The minimum Gasteiger partial charge on any atom is -0.380 e. The van der Waals surface area contributed by atoms with Gasteiger partial charge in [0.1, 0.15) is 11.3 Å². The van der Waals surface area contributed by atoms with Crippen molar-refractivity contribution >= 4 is 22.4 Å². The lowest BCUT2D eigenvalue weighted by Crippen LogP contribution is -2.27. The second kappa shape index (κ2) is 6.27. The quantitative estimate of drug-likeness (QED) is 0.785. The Morgan fingerprint density at radius 2 is 2.00 bits per heavy atom. The first-order valence-electron chi connectivity index (χ1n) is 8.29. The summed E-state index contributed by atoms with van der Waals surface area (Å²) < 4.78 is 28.0. The van der Waals surface area contributed by atoms with Crippen LogP contribution in [0.15, 0.2) is 42.6 Å². The number of aryl methyl sites for hydroxylation is 1. The molecule has 3 aromatic rings. The highest BCUT2D eigenvalue weighted by Crippen LogP contribution is 2.28. The van der Waals surface area contributed by atoms with Crippen LogP contribution in [-0.2, 0) is 0 Å². The number of anilines is 2. The highest BCUT2D eigenvalue weighted by Gasteiger charge is 2.25. The third-order valence-corrected chi connectivity index (χ3v) is 4.50. The molecule has 0 radical (unpaired) electrons. The summed E-state index contributed by atoms with van der Waals surface area (Å²) >= 11 is 0. The van der Waals surface area contributed by atoms with Crippen molar-refractivity contribution in [3.63, 3.8) is 0 Å². The molecule has 0 saturated carbocycles. The fourth-order valence-corrected chi connectivity index (χ4v) is 3.36. The second-order valence-corrected chi connectivity index (χ2v) is 6.33. The number of aromatic nitrogens is 2. The van der Waals surface area contributed by atoms with Crippen molar-refractivity contribution in [1.82, 2.24) is 9.97 Å². The van der Waals surface area contributed by atoms with Crippen LogP contribution in [0.3, 0.4) is 0 Å². The molecule has 4 nitrogen and oxygen atoms in total. The SMILES string of the molecule is Cc1cc(NC2CCN(c3ncccc3F)C2)c2cccc(F)c2n1. The van der Waals surface area contributed by atoms with Gasteiger partial charge in [-0.15, -0.1) is 0 Å². The number of para-hydroxylation sites is 1. The molecule has 1 aliphatic heterocycles. The zero-order valence-electron chi connectivity index (χ0n) is 13.8.